The molecule has 1 unspecified atom stereocenters. The average molecular weight is 339 g/mol. The molecule has 1 aromatic rings. The quantitative estimate of drug-likeness (QED) is 0.817. The number of benzene rings is 1. The zero-order valence-electron chi connectivity index (χ0n) is 13.0. The first-order valence-electron chi connectivity index (χ1n) is 7.68. The molecule has 2 aliphatic heterocycles. The van der Waals surface area contributed by atoms with Gasteiger partial charge in [-0.15, -0.1) is 0 Å². The molecule has 2 aliphatic rings. The summed E-state index contributed by atoms with van der Waals surface area (Å²) in [6.45, 7) is 1.58. The molecule has 1 fully saturated rings. The van der Waals surface area contributed by atoms with Crippen LogP contribution in [0.4, 0.5) is 5.69 Å². The predicted molar refractivity (Wildman–Crippen MR) is 86.8 cm³/mol. The lowest BCUT2D eigenvalue weighted by atomic mass is 10.1. The summed E-state index contributed by atoms with van der Waals surface area (Å²) in [5.74, 6) is 0.631. The van der Waals surface area contributed by atoms with Crippen molar-refractivity contribution in [3.8, 4) is 5.75 Å². The van der Waals surface area contributed by atoms with Crippen molar-refractivity contribution in [1.29, 1.82) is 0 Å². The van der Waals surface area contributed by atoms with Crippen LogP contribution in [0.25, 0.3) is 0 Å². The summed E-state index contributed by atoms with van der Waals surface area (Å²) >= 11 is 0. The van der Waals surface area contributed by atoms with E-state index in [1.165, 1.54) is 7.05 Å². The molecule has 126 valence electrons. The number of likely N-dealkylation sites (tertiary alicyclic amines) is 1. The number of carbonyl (C=O) groups is 1. The fourth-order valence-corrected chi connectivity index (χ4v) is 4.14. The number of sulfonamides is 1. The summed E-state index contributed by atoms with van der Waals surface area (Å²) in [5, 5.41) is 2.80. The largest absolute Gasteiger partial charge is 0.482 e. The Morgan fingerprint density at radius 1 is 1.43 bits per heavy atom. The van der Waals surface area contributed by atoms with Gasteiger partial charge >= 0.3 is 0 Å². The maximum Gasteiger partial charge on any atom is 0.262 e. The molecule has 0 saturated carbocycles. The standard InChI is InChI=1S/C15H21N3O4S/c1-16-23(20,21)10-12-3-2-6-18(12)8-11-4-5-14-13(7-11)17-15(19)9-22-14/h4-5,7,12,16H,2-3,6,8-10H2,1H3,(H,17,19). The van der Waals surface area contributed by atoms with Crippen LogP contribution >= 0.6 is 0 Å². The summed E-state index contributed by atoms with van der Waals surface area (Å²) < 4.78 is 31.3. The van der Waals surface area contributed by atoms with Crippen molar-refractivity contribution >= 4 is 21.6 Å². The van der Waals surface area contributed by atoms with Crippen LogP contribution < -0.4 is 14.8 Å². The molecule has 2 N–H and O–H groups in total. The minimum absolute atomic E-state index is 0.0225. The second-order valence-corrected chi connectivity index (χ2v) is 7.89. The van der Waals surface area contributed by atoms with Crippen LogP contribution in [0.2, 0.25) is 0 Å². The van der Waals surface area contributed by atoms with Gasteiger partial charge < -0.3 is 10.1 Å². The van der Waals surface area contributed by atoms with Crippen LogP contribution in [0.1, 0.15) is 18.4 Å². The maximum absolute atomic E-state index is 11.8. The first-order valence-corrected chi connectivity index (χ1v) is 9.33. The highest BCUT2D eigenvalue weighted by Gasteiger charge is 2.29. The van der Waals surface area contributed by atoms with E-state index >= 15 is 0 Å². The molecule has 0 spiro atoms. The highest BCUT2D eigenvalue weighted by atomic mass is 32.2. The second-order valence-electron chi connectivity index (χ2n) is 5.92. The number of amides is 1. The number of ether oxygens (including phenoxy) is 1. The van der Waals surface area contributed by atoms with E-state index in [9.17, 15) is 13.2 Å². The Morgan fingerprint density at radius 2 is 2.26 bits per heavy atom. The van der Waals surface area contributed by atoms with E-state index in [-0.39, 0.29) is 24.3 Å². The Balaban J connectivity index is 1.71. The van der Waals surface area contributed by atoms with Crippen molar-refractivity contribution in [2.45, 2.75) is 25.4 Å². The highest BCUT2D eigenvalue weighted by Crippen LogP contribution is 2.30. The minimum atomic E-state index is -3.22. The van der Waals surface area contributed by atoms with E-state index in [0.29, 0.717) is 18.0 Å². The third-order valence-corrected chi connectivity index (χ3v) is 5.73. The van der Waals surface area contributed by atoms with Gasteiger partial charge in [-0.25, -0.2) is 13.1 Å². The van der Waals surface area contributed by atoms with Gasteiger partial charge in [0.15, 0.2) is 6.61 Å². The molecule has 0 radical (unpaired) electrons. The molecule has 1 atom stereocenters. The molecule has 8 heteroatoms. The monoisotopic (exact) mass is 339 g/mol. The van der Waals surface area contributed by atoms with Gasteiger partial charge in [0.2, 0.25) is 10.0 Å². The van der Waals surface area contributed by atoms with Crippen LogP contribution in [0.3, 0.4) is 0 Å². The summed E-state index contributed by atoms with van der Waals surface area (Å²) in [7, 11) is -1.77. The first kappa shape index (κ1) is 16.2. The molecule has 0 aromatic heterocycles. The molecule has 7 nitrogen and oxygen atoms in total. The van der Waals surface area contributed by atoms with Crippen LogP contribution in [0.5, 0.6) is 5.75 Å². The summed E-state index contributed by atoms with van der Waals surface area (Å²) in [6.07, 6.45) is 1.88. The maximum atomic E-state index is 11.8. The normalized spacial score (nSPS) is 21.6. The molecule has 1 saturated heterocycles. The number of rotatable bonds is 5. The molecule has 3 rings (SSSR count). The van der Waals surface area contributed by atoms with Crippen LogP contribution in [-0.2, 0) is 21.4 Å². The number of carbonyl (C=O) groups excluding carboxylic acids is 1. The lowest BCUT2D eigenvalue weighted by Crippen LogP contribution is -2.38. The SMILES string of the molecule is CNS(=O)(=O)CC1CCCN1Cc1ccc2c(c1)NC(=O)CO2. The first-order chi connectivity index (χ1) is 11.0. The molecular formula is C15H21N3O4S. The average Bonchev–Trinajstić information content (AvgIpc) is 2.93. The number of nitrogens with zero attached hydrogens (tertiary/aromatic N) is 1. The van der Waals surface area contributed by atoms with Crippen LogP contribution in [0.15, 0.2) is 18.2 Å². The van der Waals surface area contributed by atoms with E-state index in [2.05, 4.69) is 14.9 Å². The van der Waals surface area contributed by atoms with Gasteiger partial charge in [0, 0.05) is 12.6 Å². The van der Waals surface area contributed by atoms with Crippen molar-refractivity contribution < 1.29 is 17.9 Å². The third-order valence-electron chi connectivity index (χ3n) is 4.28. The predicted octanol–water partition coefficient (Wildman–Crippen LogP) is 0.531. The van der Waals surface area contributed by atoms with Crippen LogP contribution in [0, 0.1) is 0 Å². The molecule has 1 aromatic carbocycles. The fraction of sp³-hybridized carbons (Fsp3) is 0.533. The number of hydrogen-bond acceptors (Lipinski definition) is 5. The Morgan fingerprint density at radius 3 is 3.04 bits per heavy atom. The van der Waals surface area contributed by atoms with Gasteiger partial charge in [0.1, 0.15) is 5.75 Å². The number of hydrogen-bond donors (Lipinski definition) is 2. The van der Waals surface area contributed by atoms with Gasteiger partial charge in [-0.2, -0.15) is 0 Å². The Bertz CT molecular complexity index is 705. The van der Waals surface area contributed by atoms with E-state index in [1.807, 2.05) is 18.2 Å². The number of nitrogens with one attached hydrogen (secondary N) is 2. The van der Waals surface area contributed by atoms with Gasteiger partial charge in [-0.1, -0.05) is 6.07 Å². The summed E-state index contributed by atoms with van der Waals surface area (Å²) in [4.78, 5) is 13.6. The Kier molecular flexibility index (Phi) is 4.56. The van der Waals surface area contributed by atoms with E-state index < -0.39 is 10.0 Å². The topological polar surface area (TPSA) is 87.7 Å². The summed E-state index contributed by atoms with van der Waals surface area (Å²) in [5.41, 5.74) is 1.71. The second kappa shape index (κ2) is 6.46. The van der Waals surface area contributed by atoms with Crippen LogP contribution in [-0.4, -0.2) is 51.2 Å². The lowest BCUT2D eigenvalue weighted by molar-refractivity contribution is -0.118. The van der Waals surface area contributed by atoms with Crippen molar-refractivity contribution in [1.82, 2.24) is 9.62 Å². The highest BCUT2D eigenvalue weighted by molar-refractivity contribution is 7.89. The van der Waals surface area contributed by atoms with Gasteiger partial charge in [-0.05, 0) is 44.1 Å². The Hall–Kier alpha value is -1.64. The van der Waals surface area contributed by atoms with E-state index in [0.717, 1.165) is 24.9 Å². The zero-order valence-corrected chi connectivity index (χ0v) is 13.9. The van der Waals surface area contributed by atoms with Gasteiger partial charge in [-0.3, -0.25) is 9.69 Å². The Labute approximate surface area is 136 Å². The van der Waals surface area contributed by atoms with Crippen molar-refractivity contribution in [3.63, 3.8) is 0 Å². The number of anilines is 1. The molecule has 1 amide bonds. The zero-order chi connectivity index (χ0) is 16.4. The van der Waals surface area contributed by atoms with Crippen molar-refractivity contribution in [3.05, 3.63) is 23.8 Å². The molecule has 23 heavy (non-hydrogen) atoms. The summed E-state index contributed by atoms with van der Waals surface area (Å²) in [6, 6.07) is 5.72. The van der Waals surface area contributed by atoms with Crippen molar-refractivity contribution in [2.24, 2.45) is 0 Å². The lowest BCUT2D eigenvalue weighted by Gasteiger charge is -2.25. The third kappa shape index (κ3) is 3.82. The minimum Gasteiger partial charge on any atom is -0.482 e. The fourth-order valence-electron chi connectivity index (χ4n) is 3.09. The molecule has 2 heterocycles. The molecule has 0 aliphatic carbocycles. The van der Waals surface area contributed by atoms with Crippen molar-refractivity contribution in [2.75, 3.05) is 31.3 Å². The van der Waals surface area contributed by atoms with E-state index in [1.54, 1.807) is 0 Å². The smallest absolute Gasteiger partial charge is 0.262 e. The van der Waals surface area contributed by atoms with E-state index in [4.69, 9.17) is 4.74 Å². The number of fused-ring (bicyclic) bond motifs is 1. The molecular weight excluding hydrogens is 318 g/mol. The van der Waals surface area contributed by atoms with Gasteiger partial charge in [0.05, 0.1) is 11.4 Å². The van der Waals surface area contributed by atoms with Gasteiger partial charge in [0.25, 0.3) is 5.91 Å². The molecule has 0 bridgehead atoms.